The molecule has 0 bridgehead atoms. The fourth-order valence-corrected chi connectivity index (χ4v) is 5.67. The Bertz CT molecular complexity index is 1140. The minimum absolute atomic E-state index is 0.105. The zero-order valence-corrected chi connectivity index (χ0v) is 17.8. The van der Waals surface area contributed by atoms with Crippen LogP contribution in [0, 0.1) is 0 Å². The van der Waals surface area contributed by atoms with Crippen LogP contribution in [-0.2, 0) is 29.1 Å². The molecule has 2 aromatic heterocycles. The molecule has 3 aromatic rings. The first-order valence-corrected chi connectivity index (χ1v) is 11.0. The summed E-state index contributed by atoms with van der Waals surface area (Å²) >= 11 is 14.6. The molecule has 4 heterocycles. The van der Waals surface area contributed by atoms with E-state index < -0.39 is 0 Å². The predicted octanol–water partition coefficient (Wildman–Crippen LogP) is 4.56. The summed E-state index contributed by atoms with van der Waals surface area (Å²) in [5, 5.41) is 5.62. The monoisotopic (exact) mass is 445 g/mol. The highest BCUT2D eigenvalue weighted by Gasteiger charge is 2.31. The largest absolute Gasteiger partial charge is 0.312 e. The van der Waals surface area contributed by atoms with E-state index in [0.29, 0.717) is 15.7 Å². The summed E-state index contributed by atoms with van der Waals surface area (Å²) < 4.78 is 0. The Hall–Kier alpha value is -1.99. The molecule has 1 saturated heterocycles. The molecule has 8 heteroatoms. The van der Waals surface area contributed by atoms with Gasteiger partial charge in [-0.15, -0.1) is 11.3 Å². The van der Waals surface area contributed by atoms with E-state index in [1.165, 1.54) is 15.3 Å². The first-order valence-electron chi connectivity index (χ1n) is 9.45. The third-order valence-electron chi connectivity index (χ3n) is 5.46. The van der Waals surface area contributed by atoms with Crippen LogP contribution in [0.4, 0.5) is 0 Å². The van der Waals surface area contributed by atoms with Gasteiger partial charge in [0.2, 0.25) is 11.8 Å². The van der Waals surface area contributed by atoms with Gasteiger partial charge in [-0.2, -0.15) is 0 Å². The second-order valence-electron chi connectivity index (χ2n) is 7.24. The van der Waals surface area contributed by atoms with Gasteiger partial charge in [-0.1, -0.05) is 35.3 Å². The number of imide groups is 1. The van der Waals surface area contributed by atoms with Crippen LogP contribution in [0.25, 0.3) is 21.3 Å². The lowest BCUT2D eigenvalue weighted by molar-refractivity contribution is -0.139. The Kier molecular flexibility index (Phi) is 4.82. The minimum atomic E-state index is -0.171. The number of hydrogen-bond acceptors (Lipinski definition) is 5. The number of thiophene rings is 1. The van der Waals surface area contributed by atoms with Crippen molar-refractivity contribution in [2.45, 2.75) is 32.4 Å². The SMILES string of the molecule is O=C1CCC(=O)N1Cc1nc2sc3c(c2c(-c2ccc(Cl)cc2)c1Cl)CCNC3. The lowest BCUT2D eigenvalue weighted by Gasteiger charge is -2.18. The van der Waals surface area contributed by atoms with Gasteiger partial charge >= 0.3 is 0 Å². The molecule has 0 unspecified atom stereocenters. The molecular formula is C21H17Cl2N3O2S. The van der Waals surface area contributed by atoms with Crippen molar-refractivity contribution in [3.63, 3.8) is 0 Å². The molecule has 0 atom stereocenters. The summed E-state index contributed by atoms with van der Waals surface area (Å²) in [6.07, 6.45) is 1.42. The number of hydrogen-bond donors (Lipinski definition) is 1. The molecule has 5 nitrogen and oxygen atoms in total. The van der Waals surface area contributed by atoms with Gasteiger partial charge in [0.25, 0.3) is 0 Å². The molecule has 0 spiro atoms. The fourth-order valence-electron chi connectivity index (χ4n) is 4.02. The average Bonchev–Trinajstić information content (AvgIpc) is 3.24. The molecule has 29 heavy (non-hydrogen) atoms. The Morgan fingerprint density at radius 2 is 1.79 bits per heavy atom. The van der Waals surface area contributed by atoms with Crippen LogP contribution in [0.15, 0.2) is 24.3 Å². The van der Waals surface area contributed by atoms with Crippen molar-refractivity contribution in [3.8, 4) is 11.1 Å². The van der Waals surface area contributed by atoms with Crippen LogP contribution in [0.5, 0.6) is 0 Å². The second kappa shape index (κ2) is 7.36. The highest BCUT2D eigenvalue weighted by atomic mass is 35.5. The number of benzene rings is 1. The number of amides is 2. The maximum absolute atomic E-state index is 12.1. The summed E-state index contributed by atoms with van der Waals surface area (Å²) in [6.45, 7) is 1.83. The summed E-state index contributed by atoms with van der Waals surface area (Å²) in [6, 6.07) is 7.58. The number of fused-ring (bicyclic) bond motifs is 3. The molecule has 2 aliphatic rings. The quantitative estimate of drug-likeness (QED) is 0.599. The Balaban J connectivity index is 1.73. The van der Waals surface area contributed by atoms with Crippen LogP contribution in [-0.4, -0.2) is 28.2 Å². The van der Waals surface area contributed by atoms with Crippen molar-refractivity contribution < 1.29 is 9.59 Å². The molecule has 0 radical (unpaired) electrons. The van der Waals surface area contributed by atoms with Crippen LogP contribution in [0.2, 0.25) is 10.0 Å². The normalized spacial score (nSPS) is 16.7. The molecule has 1 aromatic carbocycles. The van der Waals surface area contributed by atoms with Gasteiger partial charge in [0, 0.05) is 40.2 Å². The van der Waals surface area contributed by atoms with Crippen molar-refractivity contribution >= 4 is 56.6 Å². The summed E-state index contributed by atoms with van der Waals surface area (Å²) in [7, 11) is 0. The molecule has 5 rings (SSSR count). The van der Waals surface area contributed by atoms with E-state index in [2.05, 4.69) is 5.32 Å². The number of halogens is 2. The molecule has 1 fully saturated rings. The van der Waals surface area contributed by atoms with E-state index in [-0.39, 0.29) is 31.2 Å². The number of carbonyl (C=O) groups excluding carboxylic acids is 2. The molecule has 1 N–H and O–H groups in total. The number of aromatic nitrogens is 1. The van der Waals surface area contributed by atoms with Gasteiger partial charge < -0.3 is 5.32 Å². The fraction of sp³-hybridized carbons (Fsp3) is 0.286. The predicted molar refractivity (Wildman–Crippen MR) is 115 cm³/mol. The minimum Gasteiger partial charge on any atom is -0.312 e. The maximum Gasteiger partial charge on any atom is 0.230 e. The molecule has 148 valence electrons. The van der Waals surface area contributed by atoms with Crippen LogP contribution in [0.1, 0.15) is 29.0 Å². The van der Waals surface area contributed by atoms with Gasteiger partial charge in [-0.05, 0) is 36.2 Å². The summed E-state index contributed by atoms with van der Waals surface area (Å²) in [4.78, 5) is 32.5. The lowest BCUT2D eigenvalue weighted by atomic mass is 9.96. The molecular weight excluding hydrogens is 429 g/mol. The Labute approximate surface area is 181 Å². The van der Waals surface area contributed by atoms with E-state index in [4.69, 9.17) is 28.2 Å². The standard InChI is InChI=1S/C21H17Cl2N3O2S/c22-12-3-1-11(2-4-12)18-19-13-7-8-24-9-15(13)29-21(19)25-14(20(18)23)10-26-16(27)5-6-17(26)28/h1-4,24H,5-10H2. The Morgan fingerprint density at radius 3 is 2.52 bits per heavy atom. The van der Waals surface area contributed by atoms with Crippen molar-refractivity contribution in [1.82, 2.24) is 15.2 Å². The number of likely N-dealkylation sites (tertiary alicyclic amines) is 1. The van der Waals surface area contributed by atoms with E-state index in [1.807, 2.05) is 24.3 Å². The van der Waals surface area contributed by atoms with E-state index in [9.17, 15) is 9.59 Å². The first-order chi connectivity index (χ1) is 14.0. The third kappa shape index (κ3) is 3.24. The number of pyridine rings is 1. The van der Waals surface area contributed by atoms with Crippen molar-refractivity contribution in [3.05, 3.63) is 50.4 Å². The van der Waals surface area contributed by atoms with Gasteiger partial charge in [0.05, 0.1) is 17.3 Å². The molecule has 0 aliphatic carbocycles. The van der Waals surface area contributed by atoms with Crippen molar-refractivity contribution in [2.75, 3.05) is 6.54 Å². The first kappa shape index (κ1) is 19.0. The number of carbonyl (C=O) groups is 2. The van der Waals surface area contributed by atoms with Crippen LogP contribution < -0.4 is 5.32 Å². The molecule has 0 saturated carbocycles. The number of rotatable bonds is 3. The van der Waals surface area contributed by atoms with Crippen molar-refractivity contribution in [2.24, 2.45) is 0 Å². The average molecular weight is 446 g/mol. The highest BCUT2D eigenvalue weighted by molar-refractivity contribution is 7.19. The zero-order chi connectivity index (χ0) is 20.1. The van der Waals surface area contributed by atoms with Gasteiger partial charge in [0.15, 0.2) is 0 Å². The van der Waals surface area contributed by atoms with E-state index >= 15 is 0 Å². The molecule has 2 aliphatic heterocycles. The lowest BCUT2D eigenvalue weighted by Crippen LogP contribution is -2.29. The zero-order valence-electron chi connectivity index (χ0n) is 15.4. The second-order valence-corrected chi connectivity index (χ2v) is 9.14. The third-order valence-corrected chi connectivity index (χ3v) is 7.25. The molecule has 2 amide bonds. The van der Waals surface area contributed by atoms with E-state index in [0.717, 1.165) is 40.9 Å². The number of nitrogens with one attached hydrogen (secondary N) is 1. The smallest absolute Gasteiger partial charge is 0.230 e. The number of nitrogens with zero attached hydrogens (tertiary/aromatic N) is 2. The summed E-state index contributed by atoms with van der Waals surface area (Å²) in [5.41, 5.74) is 3.69. The maximum atomic E-state index is 12.1. The topological polar surface area (TPSA) is 62.3 Å². The van der Waals surface area contributed by atoms with E-state index in [1.54, 1.807) is 11.3 Å². The van der Waals surface area contributed by atoms with Gasteiger partial charge in [-0.25, -0.2) is 4.98 Å². The highest BCUT2D eigenvalue weighted by Crippen LogP contribution is 2.44. The van der Waals surface area contributed by atoms with Gasteiger partial charge in [-0.3, -0.25) is 14.5 Å². The van der Waals surface area contributed by atoms with Crippen LogP contribution >= 0.6 is 34.5 Å². The van der Waals surface area contributed by atoms with Crippen molar-refractivity contribution in [1.29, 1.82) is 0 Å². The van der Waals surface area contributed by atoms with Crippen LogP contribution in [0.3, 0.4) is 0 Å². The summed E-state index contributed by atoms with van der Waals surface area (Å²) in [5.74, 6) is -0.341. The Morgan fingerprint density at radius 1 is 1.07 bits per heavy atom. The van der Waals surface area contributed by atoms with Gasteiger partial charge in [0.1, 0.15) is 4.83 Å².